The van der Waals surface area contributed by atoms with Crippen molar-refractivity contribution in [2.45, 2.75) is 13.8 Å². The van der Waals surface area contributed by atoms with E-state index in [-0.39, 0.29) is 41.8 Å². The number of anilines is 2. The molecule has 3 N–H and O–H groups in total. The Hall–Kier alpha value is -4.53. The van der Waals surface area contributed by atoms with Gasteiger partial charge in [-0.15, -0.1) is 0 Å². The Balaban J connectivity index is 1.95. The molecule has 0 saturated carbocycles. The molecule has 14 heteroatoms. The van der Waals surface area contributed by atoms with Crippen LogP contribution in [-0.2, 0) is 11.3 Å². The summed E-state index contributed by atoms with van der Waals surface area (Å²) in [5.41, 5.74) is 3.55. The van der Waals surface area contributed by atoms with Crippen molar-refractivity contribution < 1.29 is 47.6 Å². The number of aromatic carboxylic acids is 1. The van der Waals surface area contributed by atoms with Crippen LogP contribution in [0.25, 0.3) is 0 Å². The van der Waals surface area contributed by atoms with Crippen LogP contribution in [0.4, 0.5) is 11.4 Å². The van der Waals surface area contributed by atoms with Gasteiger partial charge in [-0.1, -0.05) is 0 Å². The quantitative estimate of drug-likeness (QED) is 0.208. The second-order valence-electron chi connectivity index (χ2n) is 7.51. The van der Waals surface area contributed by atoms with E-state index in [2.05, 4.69) is 10.9 Å². The van der Waals surface area contributed by atoms with Crippen LogP contribution in [-0.4, -0.2) is 51.2 Å². The molecule has 1 amide bonds. The van der Waals surface area contributed by atoms with Gasteiger partial charge in [-0.3, -0.25) is 9.00 Å². The highest BCUT2D eigenvalue weighted by atomic mass is 32.2. The Bertz CT molecular complexity index is 1350. The SMILES string of the molecule is CCOc1cc(N([N]Oc2ccc(O)c(C(=O)O)c2)S(=O)[O-])c(OCC)cc1NC(=O)c1ccc(OC)cc1. The van der Waals surface area contributed by atoms with E-state index in [0.29, 0.717) is 15.7 Å². The number of carbonyl (C=O) groups excluding carboxylic acids is 1. The smallest absolute Gasteiger partial charge is 0.339 e. The minimum absolute atomic E-state index is 0.0134. The fourth-order valence-corrected chi connectivity index (χ4v) is 3.65. The standard InChI is InChI=1S/C25H26N3O10S/c1-4-36-22-14-20(28(39(33)34)27-38-17-10-11-21(29)18(12-17)25(31)32)23(37-5-2)13-19(22)26-24(30)15-6-8-16(35-3)9-7-15/h6-14,29H,4-5H2,1-3H3,(H,26,30)(H,31,32)(H,33,34)/p-1. The molecule has 1 radical (unpaired) electrons. The highest BCUT2D eigenvalue weighted by Gasteiger charge is 2.22. The summed E-state index contributed by atoms with van der Waals surface area (Å²) in [6, 6.07) is 12.3. The number of carboxylic acid groups (broad SMARTS) is 1. The topological polar surface area (TPSA) is 181 Å². The van der Waals surface area contributed by atoms with Gasteiger partial charge in [0.1, 0.15) is 34.2 Å². The number of nitrogens with one attached hydrogen (secondary N) is 1. The highest BCUT2D eigenvalue weighted by molar-refractivity contribution is 7.80. The van der Waals surface area contributed by atoms with Crippen LogP contribution in [0, 0.1) is 0 Å². The first-order valence-electron chi connectivity index (χ1n) is 11.4. The van der Waals surface area contributed by atoms with Crippen LogP contribution in [0.3, 0.4) is 0 Å². The Morgan fingerprint density at radius 1 is 1.00 bits per heavy atom. The van der Waals surface area contributed by atoms with Crippen molar-refractivity contribution >= 4 is 34.5 Å². The first kappa shape index (κ1) is 29.0. The van der Waals surface area contributed by atoms with E-state index in [9.17, 15) is 28.6 Å². The third kappa shape index (κ3) is 7.28. The van der Waals surface area contributed by atoms with Crippen LogP contribution in [0.5, 0.6) is 28.7 Å². The molecule has 0 spiro atoms. The predicted octanol–water partition coefficient (Wildman–Crippen LogP) is 3.26. The van der Waals surface area contributed by atoms with Gasteiger partial charge in [0.25, 0.3) is 5.91 Å². The van der Waals surface area contributed by atoms with Crippen LogP contribution in [0.15, 0.2) is 54.6 Å². The zero-order valence-electron chi connectivity index (χ0n) is 21.1. The number of hydrogen-bond acceptors (Lipinski definition) is 9. The predicted molar refractivity (Wildman–Crippen MR) is 139 cm³/mol. The minimum atomic E-state index is -3.03. The number of ether oxygens (including phenoxy) is 3. The number of phenols is 1. The number of carboxylic acids is 1. The van der Waals surface area contributed by atoms with E-state index in [1.807, 2.05) is 0 Å². The first-order valence-corrected chi connectivity index (χ1v) is 12.4. The number of rotatable bonds is 13. The molecule has 0 aliphatic rings. The molecule has 1 unspecified atom stereocenters. The summed E-state index contributed by atoms with van der Waals surface area (Å²) in [6.45, 7) is 3.68. The molecular weight excluding hydrogens is 534 g/mol. The Morgan fingerprint density at radius 3 is 2.23 bits per heavy atom. The molecule has 0 aliphatic heterocycles. The Labute approximate surface area is 226 Å². The molecular formula is C25H25N3O10S-. The summed E-state index contributed by atoms with van der Waals surface area (Å²) in [6.07, 6.45) is 0. The number of nitrogens with zero attached hydrogens (tertiary/aromatic N) is 2. The molecule has 1 atom stereocenters. The summed E-state index contributed by atoms with van der Waals surface area (Å²) in [5, 5.41) is 21.6. The lowest BCUT2D eigenvalue weighted by molar-refractivity contribution is 0.0692. The number of benzene rings is 3. The lowest BCUT2D eigenvalue weighted by Gasteiger charge is -2.26. The molecule has 0 saturated heterocycles. The maximum absolute atomic E-state index is 12.9. The lowest BCUT2D eigenvalue weighted by Crippen LogP contribution is -2.36. The average Bonchev–Trinajstić information content (AvgIpc) is 2.91. The Kier molecular flexibility index (Phi) is 9.92. The molecule has 3 aromatic rings. The van der Waals surface area contributed by atoms with Gasteiger partial charge in [-0.05, 0) is 50.2 Å². The molecule has 13 nitrogen and oxygen atoms in total. The van der Waals surface area contributed by atoms with E-state index in [1.54, 1.807) is 38.1 Å². The van der Waals surface area contributed by atoms with Crippen molar-refractivity contribution in [2.24, 2.45) is 0 Å². The monoisotopic (exact) mass is 559 g/mol. The normalized spacial score (nSPS) is 11.3. The number of hydrogen-bond donors (Lipinski definition) is 3. The van der Waals surface area contributed by atoms with E-state index >= 15 is 0 Å². The average molecular weight is 560 g/mol. The van der Waals surface area contributed by atoms with E-state index < -0.39 is 34.5 Å². The van der Waals surface area contributed by atoms with Crippen molar-refractivity contribution in [3.05, 3.63) is 65.7 Å². The van der Waals surface area contributed by atoms with Crippen molar-refractivity contribution in [3.63, 3.8) is 0 Å². The fourth-order valence-electron chi connectivity index (χ4n) is 3.26. The van der Waals surface area contributed by atoms with Crippen molar-refractivity contribution in [1.82, 2.24) is 5.59 Å². The maximum Gasteiger partial charge on any atom is 0.339 e. The van der Waals surface area contributed by atoms with Crippen LogP contribution >= 0.6 is 0 Å². The van der Waals surface area contributed by atoms with E-state index in [0.717, 1.165) is 12.1 Å². The summed E-state index contributed by atoms with van der Waals surface area (Å²) in [7, 11) is 1.51. The second-order valence-corrected chi connectivity index (χ2v) is 8.29. The highest BCUT2D eigenvalue weighted by Crippen LogP contribution is 2.39. The molecule has 0 aromatic heterocycles. The van der Waals surface area contributed by atoms with Crippen molar-refractivity contribution in [3.8, 4) is 28.7 Å². The van der Waals surface area contributed by atoms with Gasteiger partial charge in [-0.25, -0.2) is 4.79 Å². The van der Waals surface area contributed by atoms with Gasteiger partial charge < -0.3 is 39.1 Å². The van der Waals surface area contributed by atoms with Gasteiger partial charge in [0.2, 0.25) is 0 Å². The number of carbonyl (C=O) groups is 2. The van der Waals surface area contributed by atoms with Gasteiger partial charge in [0.15, 0.2) is 5.75 Å². The molecule has 207 valence electrons. The molecule has 3 aromatic carbocycles. The third-order valence-electron chi connectivity index (χ3n) is 5.03. The second kappa shape index (κ2) is 13.3. The van der Waals surface area contributed by atoms with Gasteiger partial charge in [-0.2, -0.15) is 4.41 Å². The summed E-state index contributed by atoms with van der Waals surface area (Å²) in [4.78, 5) is 29.3. The van der Waals surface area contributed by atoms with Crippen LogP contribution in [0.2, 0.25) is 0 Å². The van der Waals surface area contributed by atoms with Crippen LogP contribution < -0.4 is 34.4 Å². The Morgan fingerprint density at radius 2 is 1.64 bits per heavy atom. The number of amides is 1. The third-order valence-corrected chi connectivity index (χ3v) is 5.57. The van der Waals surface area contributed by atoms with E-state index in [4.69, 9.17) is 19.0 Å². The molecule has 0 heterocycles. The maximum atomic E-state index is 12.9. The molecule has 0 bridgehead atoms. The summed E-state index contributed by atoms with van der Waals surface area (Å²) < 4.78 is 41.0. The molecule has 39 heavy (non-hydrogen) atoms. The minimum Gasteiger partial charge on any atom is -0.754 e. The molecule has 0 fully saturated rings. The van der Waals surface area contributed by atoms with Gasteiger partial charge >= 0.3 is 5.97 Å². The number of methoxy groups -OCH3 is 1. The largest absolute Gasteiger partial charge is 0.754 e. The van der Waals surface area contributed by atoms with E-state index in [1.165, 1.54) is 25.3 Å². The molecule has 3 rings (SSSR count). The molecule has 0 aliphatic carbocycles. The zero-order chi connectivity index (χ0) is 28.5. The van der Waals surface area contributed by atoms with Crippen LogP contribution in [0.1, 0.15) is 34.6 Å². The summed E-state index contributed by atoms with van der Waals surface area (Å²) in [5.74, 6) is -1.85. The van der Waals surface area contributed by atoms with Gasteiger partial charge in [0, 0.05) is 23.8 Å². The zero-order valence-corrected chi connectivity index (χ0v) is 21.9. The van der Waals surface area contributed by atoms with Crippen molar-refractivity contribution in [2.75, 3.05) is 30.1 Å². The number of aromatic hydroxyl groups is 1. The first-order chi connectivity index (χ1) is 18.7. The summed E-state index contributed by atoms with van der Waals surface area (Å²) >= 11 is -3.03. The van der Waals surface area contributed by atoms with Crippen molar-refractivity contribution in [1.29, 1.82) is 0 Å². The van der Waals surface area contributed by atoms with Gasteiger partial charge in [0.05, 0.1) is 42.9 Å². The lowest BCUT2D eigenvalue weighted by atomic mass is 10.2. The fraction of sp³-hybridized carbons (Fsp3) is 0.200.